The van der Waals surface area contributed by atoms with Crippen molar-refractivity contribution in [3.8, 4) is 0 Å². The Labute approximate surface area is 212 Å². The predicted octanol–water partition coefficient (Wildman–Crippen LogP) is 4.47. The summed E-state index contributed by atoms with van der Waals surface area (Å²) in [6.07, 6.45) is 19.7. The second-order valence-electron chi connectivity index (χ2n) is 8.91. The minimum absolute atomic E-state index is 0.0652. The zero-order valence-corrected chi connectivity index (χ0v) is 22.3. The molecule has 1 N–H and O–H groups in total. The van der Waals surface area contributed by atoms with Gasteiger partial charge >= 0.3 is 0 Å². The lowest BCUT2D eigenvalue weighted by atomic mass is 9.99. The quantitative estimate of drug-likeness (QED) is 0.445. The smallest absolute Gasteiger partial charge is 0.146 e. The first-order chi connectivity index (χ1) is 17.0. The number of allylic oxidation sites excluding steroid dienone is 4. The van der Waals surface area contributed by atoms with Gasteiger partial charge in [0.25, 0.3) is 0 Å². The molecular weight excluding hydrogens is 448 g/mol. The first-order valence-electron chi connectivity index (χ1n) is 12.7. The molecule has 0 saturated heterocycles. The molecule has 2 heterocycles. The zero-order chi connectivity index (χ0) is 25.7. The lowest BCUT2D eigenvalue weighted by Gasteiger charge is -2.29. The summed E-state index contributed by atoms with van der Waals surface area (Å²) in [6.45, 7) is 6.82. The van der Waals surface area contributed by atoms with Crippen LogP contribution in [0.15, 0.2) is 48.6 Å². The van der Waals surface area contributed by atoms with Crippen LogP contribution in [0.3, 0.4) is 0 Å². The van der Waals surface area contributed by atoms with Crippen molar-refractivity contribution in [2.24, 2.45) is 11.8 Å². The van der Waals surface area contributed by atoms with Crippen LogP contribution < -0.4 is 0 Å². The van der Waals surface area contributed by atoms with E-state index in [0.717, 1.165) is 25.7 Å². The highest BCUT2D eigenvalue weighted by atomic mass is 16.7. The molecule has 2 aliphatic heterocycles. The zero-order valence-electron chi connectivity index (χ0n) is 22.3. The molecule has 2 aliphatic rings. The molecule has 0 aromatic heterocycles. The molecule has 7 heteroatoms. The van der Waals surface area contributed by atoms with Crippen molar-refractivity contribution in [2.45, 2.75) is 63.9 Å². The van der Waals surface area contributed by atoms with Gasteiger partial charge in [0.05, 0.1) is 38.6 Å². The Bertz CT molecular complexity index is 616. The van der Waals surface area contributed by atoms with E-state index >= 15 is 0 Å². The van der Waals surface area contributed by atoms with Crippen molar-refractivity contribution < 1.29 is 33.5 Å². The van der Waals surface area contributed by atoms with Gasteiger partial charge in [0.2, 0.25) is 0 Å². The minimum atomic E-state index is -0.510. The van der Waals surface area contributed by atoms with E-state index in [-0.39, 0.29) is 36.9 Å². The Morgan fingerprint density at radius 3 is 1.77 bits per heavy atom. The van der Waals surface area contributed by atoms with Gasteiger partial charge < -0.3 is 33.5 Å². The fraction of sp³-hybridized carbons (Fsp3) is 0.714. The van der Waals surface area contributed by atoms with E-state index in [1.807, 2.05) is 19.1 Å². The maximum atomic E-state index is 10.0. The van der Waals surface area contributed by atoms with Gasteiger partial charge in [0.1, 0.15) is 19.0 Å². The molecule has 0 saturated carbocycles. The maximum Gasteiger partial charge on any atom is 0.146 e. The molecule has 0 spiro atoms. The van der Waals surface area contributed by atoms with E-state index in [1.165, 1.54) is 0 Å². The monoisotopic (exact) mass is 496 g/mol. The molecule has 35 heavy (non-hydrogen) atoms. The summed E-state index contributed by atoms with van der Waals surface area (Å²) in [5.41, 5.74) is 0. The average molecular weight is 497 g/mol. The second-order valence-corrected chi connectivity index (χ2v) is 8.91. The van der Waals surface area contributed by atoms with Gasteiger partial charge in [-0.1, -0.05) is 62.5 Å². The molecule has 7 nitrogen and oxygen atoms in total. The normalized spacial score (nSPS) is 34.9. The predicted molar refractivity (Wildman–Crippen MR) is 139 cm³/mol. The maximum absolute atomic E-state index is 10.0. The topological polar surface area (TPSA) is 75.6 Å². The van der Waals surface area contributed by atoms with Crippen molar-refractivity contribution in [1.29, 1.82) is 0 Å². The fourth-order valence-corrected chi connectivity index (χ4v) is 3.76. The second kappa shape index (κ2) is 20.8. The van der Waals surface area contributed by atoms with E-state index in [0.29, 0.717) is 26.4 Å². The third-order valence-electron chi connectivity index (χ3n) is 5.90. The molecular formula is C28H48O7. The highest BCUT2D eigenvalue weighted by molar-refractivity contribution is 4.98. The van der Waals surface area contributed by atoms with Crippen LogP contribution in [0.4, 0.5) is 0 Å². The van der Waals surface area contributed by atoms with Crippen molar-refractivity contribution >= 4 is 0 Å². The van der Waals surface area contributed by atoms with Crippen LogP contribution in [0.5, 0.6) is 0 Å². The molecule has 0 bridgehead atoms. The summed E-state index contributed by atoms with van der Waals surface area (Å²) in [5.74, 6) is 0.306. The van der Waals surface area contributed by atoms with Crippen LogP contribution in [0, 0.1) is 11.8 Å². The lowest BCUT2D eigenvalue weighted by Crippen LogP contribution is -2.37. The fourth-order valence-electron chi connectivity index (χ4n) is 3.76. The number of hydrogen-bond donors (Lipinski definition) is 1. The summed E-state index contributed by atoms with van der Waals surface area (Å²) in [6, 6.07) is 0. The van der Waals surface area contributed by atoms with Gasteiger partial charge in [-0.25, -0.2) is 0 Å². The first-order valence-corrected chi connectivity index (χ1v) is 12.7. The van der Waals surface area contributed by atoms with Gasteiger partial charge in [-0.15, -0.1) is 0 Å². The molecule has 0 aromatic rings. The third kappa shape index (κ3) is 14.1. The van der Waals surface area contributed by atoms with Gasteiger partial charge in [-0.3, -0.25) is 0 Å². The molecule has 202 valence electrons. The molecule has 0 aliphatic carbocycles. The Morgan fingerprint density at radius 1 is 0.714 bits per heavy atom. The molecule has 6 atom stereocenters. The summed E-state index contributed by atoms with van der Waals surface area (Å²) < 4.78 is 32.7. The Hall–Kier alpha value is -1.32. The van der Waals surface area contributed by atoms with Crippen LogP contribution >= 0.6 is 0 Å². The van der Waals surface area contributed by atoms with Gasteiger partial charge in [-0.05, 0) is 25.7 Å². The van der Waals surface area contributed by atoms with Crippen molar-refractivity contribution in [3.05, 3.63) is 48.6 Å². The summed E-state index contributed by atoms with van der Waals surface area (Å²) in [5, 5.41) is 10.0. The lowest BCUT2D eigenvalue weighted by molar-refractivity contribution is -0.135. The van der Waals surface area contributed by atoms with E-state index < -0.39 is 6.10 Å². The van der Waals surface area contributed by atoms with Crippen LogP contribution in [-0.4, -0.2) is 84.1 Å². The van der Waals surface area contributed by atoms with Gasteiger partial charge in [-0.2, -0.15) is 0 Å². The number of methoxy groups -OCH3 is 3. The number of ether oxygens (including phenoxy) is 6. The SMILES string of the molecule is COCO[C@H]1[C@H](C)COC/C=C/CC/C=C/[C@@H]1OC.CO[C@H]1/C=C/CC/C=C/COC[C@@H](C)[C@@H]1O. The number of rotatable bonds is 5. The largest absolute Gasteiger partial charge is 0.390 e. The van der Waals surface area contributed by atoms with Crippen molar-refractivity contribution in [1.82, 2.24) is 0 Å². The van der Waals surface area contributed by atoms with E-state index in [4.69, 9.17) is 28.4 Å². The van der Waals surface area contributed by atoms with Crippen LogP contribution in [0.25, 0.3) is 0 Å². The molecule has 0 amide bonds. The summed E-state index contributed by atoms with van der Waals surface area (Å²) in [7, 11) is 4.95. The Kier molecular flexibility index (Phi) is 18.9. The first kappa shape index (κ1) is 31.7. The summed E-state index contributed by atoms with van der Waals surface area (Å²) in [4.78, 5) is 0. The van der Waals surface area contributed by atoms with Gasteiger partial charge in [0.15, 0.2) is 0 Å². The van der Waals surface area contributed by atoms with E-state index in [9.17, 15) is 5.11 Å². The highest BCUT2D eigenvalue weighted by Crippen LogP contribution is 2.17. The number of aliphatic hydroxyl groups is 1. The summed E-state index contributed by atoms with van der Waals surface area (Å²) >= 11 is 0. The third-order valence-corrected chi connectivity index (χ3v) is 5.90. The average Bonchev–Trinajstić information content (AvgIpc) is 2.86. The van der Waals surface area contributed by atoms with Crippen molar-refractivity contribution in [2.75, 3.05) is 54.5 Å². The van der Waals surface area contributed by atoms with Crippen LogP contribution in [-0.2, 0) is 28.4 Å². The van der Waals surface area contributed by atoms with E-state index in [1.54, 1.807) is 21.3 Å². The number of aliphatic hydroxyl groups excluding tert-OH is 1. The highest BCUT2D eigenvalue weighted by Gasteiger charge is 2.26. The molecule has 2 rings (SSSR count). The standard InChI is InChI=1S/C15H26O4.C13H22O3/c1-13-11-18-10-8-6-4-5-7-9-14(17-3)15(13)19-12-16-2;1-11-10-16-9-7-5-3-4-6-8-12(15-2)13(11)14/h6-9,13-15H,4-5,10-12H2,1-3H3;5-8,11-14H,3-4,9-10H2,1-2H3/b8-6+,9-7+;7-5+,8-6+/t13-,14+,15+;11-,12+,13+/m11/s1. The van der Waals surface area contributed by atoms with E-state index in [2.05, 4.69) is 43.4 Å². The van der Waals surface area contributed by atoms with Crippen LogP contribution in [0.1, 0.15) is 39.5 Å². The van der Waals surface area contributed by atoms with Gasteiger partial charge in [0, 0.05) is 33.2 Å². The minimum Gasteiger partial charge on any atom is -0.390 e. The molecule has 0 fully saturated rings. The molecule has 0 aromatic carbocycles. The molecule has 0 radical (unpaired) electrons. The Morgan fingerprint density at radius 2 is 1.23 bits per heavy atom. The Balaban J connectivity index is 0.000000355. The van der Waals surface area contributed by atoms with Crippen LogP contribution in [0.2, 0.25) is 0 Å². The number of hydrogen-bond acceptors (Lipinski definition) is 7. The van der Waals surface area contributed by atoms with Crippen molar-refractivity contribution in [3.63, 3.8) is 0 Å². The molecule has 0 unspecified atom stereocenters.